The molecule has 1 unspecified atom stereocenters. The summed E-state index contributed by atoms with van der Waals surface area (Å²) in [6.45, 7) is 5.06. The van der Waals surface area contributed by atoms with Gasteiger partial charge in [-0.3, -0.25) is 14.4 Å². The lowest BCUT2D eigenvalue weighted by Gasteiger charge is -2.19. The monoisotopic (exact) mass is 391 g/mol. The Bertz CT molecular complexity index is 968. The Morgan fingerprint density at radius 1 is 1.00 bits per heavy atom. The number of benzene rings is 2. The topological polar surface area (TPSA) is 69.7 Å². The number of carbonyl (C=O) groups is 3. The predicted molar refractivity (Wildman–Crippen MR) is 113 cm³/mol. The lowest BCUT2D eigenvalue weighted by atomic mass is 10.1. The molecular weight excluding hydrogens is 366 g/mol. The molecule has 6 nitrogen and oxygen atoms in total. The second-order valence-corrected chi connectivity index (χ2v) is 7.88. The molecule has 0 aromatic heterocycles. The molecule has 0 bridgehead atoms. The van der Waals surface area contributed by atoms with Crippen LogP contribution in [-0.4, -0.2) is 30.8 Å². The number of nitrogens with zero attached hydrogens (tertiary/aromatic N) is 2. The minimum atomic E-state index is -0.385. The number of amides is 3. The van der Waals surface area contributed by atoms with E-state index in [1.54, 1.807) is 9.80 Å². The number of nitrogens with one attached hydrogen (secondary N) is 1. The molecule has 0 saturated carbocycles. The van der Waals surface area contributed by atoms with E-state index in [1.807, 2.05) is 56.3 Å². The van der Waals surface area contributed by atoms with E-state index in [9.17, 15) is 14.4 Å². The lowest BCUT2D eigenvalue weighted by Crippen LogP contribution is -2.28. The maximum atomic E-state index is 12.7. The van der Waals surface area contributed by atoms with Crippen molar-refractivity contribution in [1.29, 1.82) is 0 Å². The van der Waals surface area contributed by atoms with Crippen LogP contribution >= 0.6 is 0 Å². The van der Waals surface area contributed by atoms with Crippen molar-refractivity contribution in [3.63, 3.8) is 0 Å². The molecule has 2 aromatic carbocycles. The van der Waals surface area contributed by atoms with E-state index < -0.39 is 0 Å². The molecule has 2 aliphatic heterocycles. The van der Waals surface area contributed by atoms with Crippen LogP contribution in [0.25, 0.3) is 0 Å². The molecule has 1 N–H and O–H groups in total. The van der Waals surface area contributed by atoms with Crippen LogP contribution in [0.15, 0.2) is 42.5 Å². The van der Waals surface area contributed by atoms with Gasteiger partial charge in [0.15, 0.2) is 0 Å². The third-order valence-electron chi connectivity index (χ3n) is 5.67. The van der Waals surface area contributed by atoms with Gasteiger partial charge >= 0.3 is 0 Å². The van der Waals surface area contributed by atoms with E-state index in [0.29, 0.717) is 18.7 Å². The summed E-state index contributed by atoms with van der Waals surface area (Å²) in [6, 6.07) is 13.3. The number of rotatable bonds is 4. The molecule has 29 heavy (non-hydrogen) atoms. The smallest absolute Gasteiger partial charge is 0.229 e. The maximum absolute atomic E-state index is 12.7. The fourth-order valence-electron chi connectivity index (χ4n) is 4.04. The maximum Gasteiger partial charge on any atom is 0.229 e. The third kappa shape index (κ3) is 3.88. The van der Waals surface area contributed by atoms with Gasteiger partial charge < -0.3 is 15.1 Å². The molecule has 150 valence electrons. The Labute approximate surface area is 170 Å². The van der Waals surface area contributed by atoms with Crippen LogP contribution in [0.5, 0.6) is 0 Å². The second kappa shape index (κ2) is 7.70. The molecule has 0 spiro atoms. The molecule has 2 aliphatic rings. The number of hydrogen-bond donors (Lipinski definition) is 1. The van der Waals surface area contributed by atoms with Crippen molar-refractivity contribution in [3.05, 3.63) is 53.6 Å². The highest BCUT2D eigenvalue weighted by Crippen LogP contribution is 2.29. The van der Waals surface area contributed by atoms with Crippen LogP contribution in [0, 0.1) is 19.8 Å². The van der Waals surface area contributed by atoms with Crippen molar-refractivity contribution in [2.75, 3.05) is 28.2 Å². The summed E-state index contributed by atoms with van der Waals surface area (Å²) >= 11 is 0. The van der Waals surface area contributed by atoms with Gasteiger partial charge in [-0.2, -0.15) is 0 Å². The van der Waals surface area contributed by atoms with Crippen molar-refractivity contribution in [2.24, 2.45) is 5.92 Å². The fourth-order valence-corrected chi connectivity index (χ4v) is 4.04. The number of anilines is 3. The first-order valence-electron chi connectivity index (χ1n) is 10.0. The molecule has 4 rings (SSSR count). The average Bonchev–Trinajstić information content (AvgIpc) is 3.28. The van der Waals surface area contributed by atoms with Gasteiger partial charge in [-0.15, -0.1) is 0 Å². The Morgan fingerprint density at radius 2 is 1.76 bits per heavy atom. The quantitative estimate of drug-likeness (QED) is 0.868. The Morgan fingerprint density at radius 3 is 2.41 bits per heavy atom. The molecule has 0 aliphatic carbocycles. The van der Waals surface area contributed by atoms with E-state index in [1.165, 1.54) is 0 Å². The summed E-state index contributed by atoms with van der Waals surface area (Å²) < 4.78 is 0. The Kier molecular flexibility index (Phi) is 5.09. The van der Waals surface area contributed by atoms with E-state index in [0.717, 1.165) is 35.5 Å². The van der Waals surface area contributed by atoms with E-state index >= 15 is 0 Å². The van der Waals surface area contributed by atoms with Crippen molar-refractivity contribution in [3.8, 4) is 0 Å². The van der Waals surface area contributed by atoms with Gasteiger partial charge in [-0.05, 0) is 56.2 Å². The average molecular weight is 391 g/mol. The van der Waals surface area contributed by atoms with Crippen molar-refractivity contribution >= 4 is 34.8 Å². The summed E-state index contributed by atoms with van der Waals surface area (Å²) in [7, 11) is 0. The predicted octanol–water partition coefficient (Wildman–Crippen LogP) is 3.42. The zero-order chi connectivity index (χ0) is 20.5. The molecule has 0 radical (unpaired) electrons. The fraction of sp³-hybridized carbons (Fsp3) is 0.348. The van der Waals surface area contributed by atoms with Gasteiger partial charge in [0.25, 0.3) is 0 Å². The van der Waals surface area contributed by atoms with Gasteiger partial charge in [0.1, 0.15) is 0 Å². The van der Waals surface area contributed by atoms with Gasteiger partial charge in [-0.1, -0.05) is 17.7 Å². The summed E-state index contributed by atoms with van der Waals surface area (Å²) in [5.74, 6) is -0.431. The molecule has 6 heteroatoms. The first-order valence-corrected chi connectivity index (χ1v) is 10.0. The summed E-state index contributed by atoms with van der Waals surface area (Å²) in [5, 5.41) is 2.93. The molecule has 1 atom stereocenters. The van der Waals surface area contributed by atoms with Crippen molar-refractivity contribution in [1.82, 2.24) is 0 Å². The molecule has 2 heterocycles. The van der Waals surface area contributed by atoms with Crippen LogP contribution in [0.1, 0.15) is 30.4 Å². The van der Waals surface area contributed by atoms with Crippen LogP contribution in [0.3, 0.4) is 0 Å². The van der Waals surface area contributed by atoms with Crippen molar-refractivity contribution < 1.29 is 14.4 Å². The molecule has 2 saturated heterocycles. The van der Waals surface area contributed by atoms with Gasteiger partial charge in [-0.25, -0.2) is 0 Å². The zero-order valence-electron chi connectivity index (χ0n) is 16.8. The number of hydrogen-bond acceptors (Lipinski definition) is 3. The SMILES string of the molecule is Cc1ccc(N2CC(C(=O)Nc3ccc(N4CCCC4=O)c(C)c3)CC2=O)cc1. The molecule has 2 aromatic rings. The van der Waals surface area contributed by atoms with Crippen molar-refractivity contribution in [2.45, 2.75) is 33.1 Å². The Hall–Kier alpha value is -3.15. The zero-order valence-corrected chi connectivity index (χ0v) is 16.8. The van der Waals surface area contributed by atoms with Gasteiger partial charge in [0, 0.05) is 43.0 Å². The summed E-state index contributed by atoms with van der Waals surface area (Å²) in [4.78, 5) is 40.6. The second-order valence-electron chi connectivity index (χ2n) is 7.88. The summed E-state index contributed by atoms with van der Waals surface area (Å²) in [5.41, 5.74) is 4.48. The molecule has 3 amide bonds. The van der Waals surface area contributed by atoms with Crippen LogP contribution < -0.4 is 15.1 Å². The minimum absolute atomic E-state index is 0.0342. The summed E-state index contributed by atoms with van der Waals surface area (Å²) in [6.07, 6.45) is 1.67. The number of carbonyl (C=O) groups excluding carboxylic acids is 3. The normalized spacial score (nSPS) is 19.2. The highest BCUT2D eigenvalue weighted by molar-refractivity contribution is 6.03. The third-order valence-corrected chi connectivity index (χ3v) is 5.67. The minimum Gasteiger partial charge on any atom is -0.326 e. The molecular formula is C23H25N3O3. The first-order chi connectivity index (χ1) is 13.9. The Balaban J connectivity index is 1.43. The highest BCUT2D eigenvalue weighted by Gasteiger charge is 2.35. The van der Waals surface area contributed by atoms with E-state index in [2.05, 4.69) is 5.32 Å². The van der Waals surface area contributed by atoms with Crippen LogP contribution in [0.4, 0.5) is 17.1 Å². The van der Waals surface area contributed by atoms with Crippen LogP contribution in [-0.2, 0) is 14.4 Å². The largest absolute Gasteiger partial charge is 0.326 e. The number of aryl methyl sites for hydroxylation is 2. The highest BCUT2D eigenvalue weighted by atomic mass is 16.2. The van der Waals surface area contributed by atoms with E-state index in [-0.39, 0.29) is 30.1 Å². The van der Waals surface area contributed by atoms with Gasteiger partial charge in [0.05, 0.1) is 5.92 Å². The standard InChI is InChI=1S/C23H25N3O3/c1-15-5-8-19(9-6-15)26-14-17(13-22(26)28)23(29)24-18-7-10-20(16(2)12-18)25-11-3-4-21(25)27/h5-10,12,17H,3-4,11,13-14H2,1-2H3,(H,24,29). The first kappa shape index (κ1) is 19.2. The molecule has 2 fully saturated rings. The lowest BCUT2D eigenvalue weighted by molar-refractivity contribution is -0.122. The van der Waals surface area contributed by atoms with Gasteiger partial charge in [0.2, 0.25) is 17.7 Å². The van der Waals surface area contributed by atoms with Crippen LogP contribution in [0.2, 0.25) is 0 Å². The van der Waals surface area contributed by atoms with E-state index in [4.69, 9.17) is 0 Å².